The summed E-state index contributed by atoms with van der Waals surface area (Å²) in [4.78, 5) is 37.6. The highest BCUT2D eigenvalue weighted by molar-refractivity contribution is 7.14. The number of carbonyl (C=O) groups is 1. The van der Waals surface area contributed by atoms with Gasteiger partial charge in [-0.25, -0.2) is 4.98 Å². The molecule has 0 radical (unpaired) electrons. The smallest absolute Gasteiger partial charge is 0.263 e. The number of thiophene rings is 1. The highest BCUT2D eigenvalue weighted by Crippen LogP contribution is 2.45. The third-order valence-corrected chi connectivity index (χ3v) is 7.35. The molecule has 3 aliphatic heterocycles. The number of rotatable bonds is 2. The van der Waals surface area contributed by atoms with Crippen LogP contribution >= 0.6 is 11.3 Å². The quantitative estimate of drug-likeness (QED) is 0.836. The van der Waals surface area contributed by atoms with Crippen LogP contribution in [-0.2, 0) is 16.8 Å². The number of ether oxygens (including phenoxy) is 1. The molecular weight excluding hydrogens is 376 g/mol. The fourth-order valence-corrected chi connectivity index (χ4v) is 5.84. The van der Waals surface area contributed by atoms with Crippen molar-refractivity contribution in [3.63, 3.8) is 0 Å². The number of likely N-dealkylation sites (tertiary alicyclic amines) is 1. The van der Waals surface area contributed by atoms with Gasteiger partial charge in [0.1, 0.15) is 5.82 Å². The van der Waals surface area contributed by atoms with Gasteiger partial charge in [-0.05, 0) is 37.3 Å². The van der Waals surface area contributed by atoms with Crippen molar-refractivity contribution < 1.29 is 9.53 Å². The summed E-state index contributed by atoms with van der Waals surface area (Å²) in [6.45, 7) is 4.01. The molecule has 5 rings (SSSR count). The zero-order valence-corrected chi connectivity index (χ0v) is 16.6. The number of hydrogen-bond acceptors (Lipinski definition) is 6. The molecule has 5 heterocycles. The van der Waals surface area contributed by atoms with Crippen molar-refractivity contribution in [3.8, 4) is 0 Å². The van der Waals surface area contributed by atoms with Gasteiger partial charge in [0.05, 0.1) is 23.4 Å². The first-order valence-electron chi connectivity index (χ1n) is 10.0. The number of nitrogens with one attached hydrogen (secondary N) is 1. The third kappa shape index (κ3) is 3.04. The molecule has 8 heteroatoms. The SMILES string of the molecule is O=C(c1cc2c(s1)CCOC21CCN(c2cc(=O)[nH]cn2)CC1)N1CCCC1. The van der Waals surface area contributed by atoms with Crippen LogP contribution in [0.25, 0.3) is 0 Å². The highest BCUT2D eigenvalue weighted by Gasteiger charge is 2.43. The van der Waals surface area contributed by atoms with E-state index in [0.29, 0.717) is 12.4 Å². The molecular formula is C20H24N4O3S. The topological polar surface area (TPSA) is 78.5 Å². The van der Waals surface area contributed by atoms with E-state index < -0.39 is 0 Å². The van der Waals surface area contributed by atoms with Gasteiger partial charge >= 0.3 is 0 Å². The number of aromatic amines is 1. The second-order valence-corrected chi connectivity index (χ2v) is 8.93. The number of carbonyl (C=O) groups excluding carboxylic acids is 1. The molecule has 1 amide bonds. The first kappa shape index (κ1) is 17.9. The van der Waals surface area contributed by atoms with Gasteiger partial charge in [0.15, 0.2) is 0 Å². The van der Waals surface area contributed by atoms with Crippen molar-refractivity contribution in [1.29, 1.82) is 0 Å². The van der Waals surface area contributed by atoms with Crippen molar-refractivity contribution in [2.45, 2.75) is 37.7 Å². The Morgan fingerprint density at radius 3 is 2.71 bits per heavy atom. The average molecular weight is 401 g/mol. The summed E-state index contributed by atoms with van der Waals surface area (Å²) in [6.07, 6.45) is 6.22. The summed E-state index contributed by atoms with van der Waals surface area (Å²) in [5, 5.41) is 0. The van der Waals surface area contributed by atoms with Gasteiger partial charge in [-0.1, -0.05) is 0 Å². The average Bonchev–Trinajstić information content (AvgIpc) is 3.39. The van der Waals surface area contributed by atoms with Crippen LogP contribution in [0.2, 0.25) is 0 Å². The Kier molecular flexibility index (Phi) is 4.47. The maximum atomic E-state index is 12.9. The number of fused-ring (bicyclic) bond motifs is 2. The molecule has 148 valence electrons. The fraction of sp³-hybridized carbons (Fsp3) is 0.550. The van der Waals surface area contributed by atoms with Gasteiger partial charge in [-0.2, -0.15) is 0 Å². The molecule has 0 unspecified atom stereocenters. The lowest BCUT2D eigenvalue weighted by atomic mass is 9.82. The number of piperidine rings is 1. The minimum absolute atomic E-state index is 0.135. The molecule has 1 spiro atoms. The molecule has 0 aromatic carbocycles. The lowest BCUT2D eigenvalue weighted by molar-refractivity contribution is -0.0757. The van der Waals surface area contributed by atoms with Crippen LogP contribution in [0.3, 0.4) is 0 Å². The third-order valence-electron chi connectivity index (χ3n) is 6.17. The minimum atomic E-state index is -0.314. The molecule has 28 heavy (non-hydrogen) atoms. The predicted molar refractivity (Wildman–Crippen MR) is 107 cm³/mol. The Balaban J connectivity index is 1.38. The zero-order valence-electron chi connectivity index (χ0n) is 15.8. The Morgan fingerprint density at radius 1 is 1.18 bits per heavy atom. The van der Waals surface area contributed by atoms with E-state index in [1.54, 1.807) is 17.4 Å². The molecule has 2 saturated heterocycles. The Morgan fingerprint density at radius 2 is 1.96 bits per heavy atom. The van der Waals surface area contributed by atoms with E-state index in [0.717, 1.165) is 63.2 Å². The Bertz CT molecular complexity index is 939. The minimum Gasteiger partial charge on any atom is -0.370 e. The van der Waals surface area contributed by atoms with Crippen LogP contribution in [0.1, 0.15) is 45.8 Å². The summed E-state index contributed by atoms with van der Waals surface area (Å²) in [6, 6.07) is 3.64. The molecule has 2 fully saturated rings. The van der Waals surface area contributed by atoms with E-state index in [9.17, 15) is 9.59 Å². The van der Waals surface area contributed by atoms with E-state index in [1.807, 2.05) is 4.90 Å². The largest absolute Gasteiger partial charge is 0.370 e. The van der Waals surface area contributed by atoms with Gasteiger partial charge in [0.2, 0.25) is 0 Å². The lowest BCUT2D eigenvalue weighted by Crippen LogP contribution is -2.46. The summed E-state index contributed by atoms with van der Waals surface area (Å²) in [5.41, 5.74) is 0.764. The summed E-state index contributed by atoms with van der Waals surface area (Å²) in [5.74, 6) is 0.891. The Hall–Kier alpha value is -2.19. The van der Waals surface area contributed by atoms with Crippen LogP contribution in [-0.4, -0.2) is 53.6 Å². The molecule has 0 bridgehead atoms. The van der Waals surface area contributed by atoms with Crippen molar-refractivity contribution >= 4 is 23.1 Å². The molecule has 0 atom stereocenters. The maximum absolute atomic E-state index is 12.9. The normalized spacial score (nSPS) is 21.1. The van der Waals surface area contributed by atoms with Crippen molar-refractivity contribution in [3.05, 3.63) is 44.1 Å². The molecule has 1 N–H and O–H groups in total. The van der Waals surface area contributed by atoms with Crippen molar-refractivity contribution in [2.75, 3.05) is 37.7 Å². The highest BCUT2D eigenvalue weighted by atomic mass is 32.1. The van der Waals surface area contributed by atoms with Gasteiger partial charge in [0, 0.05) is 43.5 Å². The zero-order chi connectivity index (χ0) is 19.1. The number of aromatic nitrogens is 2. The summed E-state index contributed by atoms with van der Waals surface area (Å²) in [7, 11) is 0. The molecule has 3 aliphatic rings. The van der Waals surface area contributed by atoms with Crippen LogP contribution in [0.5, 0.6) is 0 Å². The monoisotopic (exact) mass is 400 g/mol. The second-order valence-electron chi connectivity index (χ2n) is 7.80. The van der Waals surface area contributed by atoms with Crippen LogP contribution in [0.4, 0.5) is 5.82 Å². The van der Waals surface area contributed by atoms with E-state index in [-0.39, 0.29) is 17.1 Å². The van der Waals surface area contributed by atoms with Crippen LogP contribution < -0.4 is 10.5 Å². The van der Waals surface area contributed by atoms with Crippen LogP contribution in [0, 0.1) is 0 Å². The number of H-pyrrole nitrogens is 1. The summed E-state index contributed by atoms with van der Waals surface area (Å²) < 4.78 is 6.33. The molecule has 7 nitrogen and oxygen atoms in total. The van der Waals surface area contributed by atoms with Gasteiger partial charge in [-0.15, -0.1) is 11.3 Å². The van der Waals surface area contributed by atoms with E-state index in [4.69, 9.17) is 4.74 Å². The van der Waals surface area contributed by atoms with Gasteiger partial charge < -0.3 is 19.5 Å². The van der Waals surface area contributed by atoms with E-state index >= 15 is 0 Å². The van der Waals surface area contributed by atoms with E-state index in [1.165, 1.54) is 16.8 Å². The van der Waals surface area contributed by atoms with Gasteiger partial charge in [0.25, 0.3) is 11.5 Å². The summed E-state index contributed by atoms with van der Waals surface area (Å²) >= 11 is 1.65. The number of anilines is 1. The molecule has 0 aliphatic carbocycles. The lowest BCUT2D eigenvalue weighted by Gasteiger charge is -2.44. The molecule has 2 aromatic heterocycles. The van der Waals surface area contributed by atoms with E-state index in [2.05, 4.69) is 20.9 Å². The fourth-order valence-electron chi connectivity index (χ4n) is 4.64. The first-order chi connectivity index (χ1) is 13.6. The number of amides is 1. The molecule has 0 saturated carbocycles. The second kappa shape index (κ2) is 7.00. The Labute approximate surface area is 167 Å². The number of hydrogen-bond donors (Lipinski definition) is 1. The maximum Gasteiger partial charge on any atom is 0.263 e. The van der Waals surface area contributed by atoms with Crippen molar-refractivity contribution in [1.82, 2.24) is 14.9 Å². The molecule has 2 aromatic rings. The predicted octanol–water partition coefficient (Wildman–Crippen LogP) is 2.14. The standard InChI is InChI=1S/C20H24N4O3S/c25-18-12-17(21-13-22-18)23-8-4-20(5-9-23)14-11-16(28-15(14)3-10-27-20)19(26)24-6-1-2-7-24/h11-13H,1-10H2,(H,21,22,25). The van der Waals surface area contributed by atoms with Crippen molar-refractivity contribution in [2.24, 2.45) is 0 Å². The van der Waals surface area contributed by atoms with Crippen LogP contribution in [0.15, 0.2) is 23.3 Å². The van der Waals surface area contributed by atoms with Gasteiger partial charge in [-0.3, -0.25) is 9.59 Å². The first-order valence-corrected chi connectivity index (χ1v) is 10.8. The number of nitrogens with zero attached hydrogens (tertiary/aromatic N) is 3.